The van der Waals surface area contributed by atoms with Crippen LogP contribution >= 0.6 is 0 Å². The Morgan fingerprint density at radius 3 is 2.86 bits per heavy atom. The van der Waals surface area contributed by atoms with Crippen molar-refractivity contribution in [3.8, 4) is 17.4 Å². The molecule has 4 heterocycles. The highest BCUT2D eigenvalue weighted by Crippen LogP contribution is 2.33. The fourth-order valence-corrected chi connectivity index (χ4v) is 3.93. The molecular formula is C25H27N7O3. The summed E-state index contributed by atoms with van der Waals surface area (Å²) < 4.78 is 12.0. The number of benzene rings is 1. The second-order valence-corrected chi connectivity index (χ2v) is 8.46. The van der Waals surface area contributed by atoms with E-state index in [0.29, 0.717) is 37.9 Å². The molecule has 0 saturated carbocycles. The van der Waals surface area contributed by atoms with Gasteiger partial charge in [-0.05, 0) is 49.7 Å². The molecule has 0 bridgehead atoms. The fraction of sp³-hybridized carbons (Fsp3) is 0.280. The largest absolute Gasteiger partial charge is 0.475 e. The molecule has 0 spiro atoms. The van der Waals surface area contributed by atoms with Gasteiger partial charge in [0.1, 0.15) is 18.1 Å². The van der Waals surface area contributed by atoms with Crippen molar-refractivity contribution in [1.82, 2.24) is 30.4 Å². The van der Waals surface area contributed by atoms with Gasteiger partial charge < -0.3 is 20.1 Å². The minimum atomic E-state index is 0.0428. The van der Waals surface area contributed by atoms with Gasteiger partial charge in [0.2, 0.25) is 11.8 Å². The Morgan fingerprint density at radius 2 is 2.06 bits per heavy atom. The predicted molar refractivity (Wildman–Crippen MR) is 132 cm³/mol. The highest BCUT2D eigenvalue weighted by atomic mass is 16.5. The molecule has 1 aliphatic rings. The molecule has 0 unspecified atom stereocenters. The van der Waals surface area contributed by atoms with Gasteiger partial charge in [-0.3, -0.25) is 24.8 Å². The maximum absolute atomic E-state index is 11.6. The normalized spacial score (nSPS) is 14.1. The molecule has 1 aliphatic heterocycles. The molecule has 4 aromatic rings. The molecule has 5 rings (SSSR count). The number of carbonyl (C=O) groups excluding carboxylic acids is 1. The maximum Gasteiger partial charge on any atom is 0.242 e. The van der Waals surface area contributed by atoms with Crippen LogP contribution in [-0.2, 0) is 4.79 Å². The van der Waals surface area contributed by atoms with Gasteiger partial charge in [0.15, 0.2) is 0 Å². The molecule has 35 heavy (non-hydrogen) atoms. The number of piperazine rings is 1. The number of amides is 1. The van der Waals surface area contributed by atoms with Crippen molar-refractivity contribution < 1.29 is 14.3 Å². The number of fused-ring (bicyclic) bond motifs is 1. The number of hydrogen-bond donors (Lipinski definition) is 3. The molecule has 0 atom stereocenters. The third-order valence-corrected chi connectivity index (χ3v) is 5.77. The molecule has 180 valence electrons. The molecule has 3 aromatic heterocycles. The van der Waals surface area contributed by atoms with Crippen LogP contribution in [0.25, 0.3) is 10.9 Å². The number of aromatic amines is 1. The van der Waals surface area contributed by atoms with Gasteiger partial charge in [-0.25, -0.2) is 0 Å². The molecule has 0 radical (unpaired) electrons. The topological polar surface area (TPSA) is 117 Å². The van der Waals surface area contributed by atoms with Gasteiger partial charge >= 0.3 is 0 Å². The lowest BCUT2D eigenvalue weighted by molar-refractivity contribution is -0.124. The van der Waals surface area contributed by atoms with Crippen molar-refractivity contribution in [3.63, 3.8) is 0 Å². The molecule has 1 aromatic carbocycles. The van der Waals surface area contributed by atoms with Crippen molar-refractivity contribution in [1.29, 1.82) is 0 Å². The van der Waals surface area contributed by atoms with E-state index in [-0.39, 0.29) is 5.91 Å². The Balaban J connectivity index is 1.29. The number of nitrogens with zero attached hydrogens (tertiary/aromatic N) is 4. The number of aromatic nitrogens is 4. The summed E-state index contributed by atoms with van der Waals surface area (Å²) in [5, 5.41) is 14.4. The molecule has 10 heteroatoms. The number of aryl methyl sites for hydroxylation is 2. The zero-order chi connectivity index (χ0) is 24.2. The van der Waals surface area contributed by atoms with Gasteiger partial charge in [-0.15, -0.1) is 5.10 Å². The van der Waals surface area contributed by atoms with Crippen LogP contribution in [0.3, 0.4) is 0 Å². The summed E-state index contributed by atoms with van der Waals surface area (Å²) in [6.07, 6.45) is 5.18. The van der Waals surface area contributed by atoms with Crippen LogP contribution < -0.4 is 20.1 Å². The summed E-state index contributed by atoms with van der Waals surface area (Å²) in [6, 6.07) is 9.71. The van der Waals surface area contributed by atoms with Crippen molar-refractivity contribution in [2.24, 2.45) is 0 Å². The Morgan fingerprint density at radius 1 is 1.14 bits per heavy atom. The quantitative estimate of drug-likeness (QED) is 0.357. The minimum Gasteiger partial charge on any atom is -0.475 e. The highest BCUT2D eigenvalue weighted by molar-refractivity contribution is 5.96. The predicted octanol–water partition coefficient (Wildman–Crippen LogP) is 3.32. The van der Waals surface area contributed by atoms with E-state index in [4.69, 9.17) is 9.47 Å². The number of nitrogens with one attached hydrogen (secondary N) is 3. The van der Waals surface area contributed by atoms with E-state index in [2.05, 4.69) is 35.7 Å². The maximum atomic E-state index is 11.6. The van der Waals surface area contributed by atoms with Crippen molar-refractivity contribution >= 4 is 28.2 Å². The van der Waals surface area contributed by atoms with Gasteiger partial charge in [-0.2, -0.15) is 0 Å². The lowest BCUT2D eigenvalue weighted by atomic mass is 10.2. The number of carbonyl (C=O) groups is 1. The average molecular weight is 474 g/mol. The first-order chi connectivity index (χ1) is 17.0. The summed E-state index contributed by atoms with van der Waals surface area (Å²) in [6.45, 7) is 6.87. The Hall–Kier alpha value is -4.18. The summed E-state index contributed by atoms with van der Waals surface area (Å²) in [5.41, 5.74) is 4.35. The number of rotatable bonds is 8. The first kappa shape index (κ1) is 22.6. The van der Waals surface area contributed by atoms with E-state index in [1.54, 1.807) is 18.6 Å². The van der Waals surface area contributed by atoms with Gasteiger partial charge in [-0.1, -0.05) is 0 Å². The van der Waals surface area contributed by atoms with Crippen LogP contribution in [0.2, 0.25) is 0 Å². The molecule has 3 N–H and O–H groups in total. The Kier molecular flexibility index (Phi) is 6.44. The number of ether oxygens (including phenoxy) is 2. The number of pyridine rings is 2. The molecular weight excluding hydrogens is 446 g/mol. The monoisotopic (exact) mass is 473 g/mol. The van der Waals surface area contributed by atoms with E-state index in [0.717, 1.165) is 45.8 Å². The van der Waals surface area contributed by atoms with Crippen LogP contribution in [-0.4, -0.2) is 63.8 Å². The van der Waals surface area contributed by atoms with E-state index in [9.17, 15) is 4.79 Å². The fourth-order valence-electron chi connectivity index (χ4n) is 3.93. The van der Waals surface area contributed by atoms with Gasteiger partial charge in [0.05, 0.1) is 41.7 Å². The smallest absolute Gasteiger partial charge is 0.242 e. The lowest BCUT2D eigenvalue weighted by Crippen LogP contribution is -2.48. The lowest BCUT2D eigenvalue weighted by Gasteiger charge is -2.25. The summed E-state index contributed by atoms with van der Waals surface area (Å²) in [5.74, 6) is 1.99. The van der Waals surface area contributed by atoms with Crippen molar-refractivity contribution in [2.75, 3.05) is 38.1 Å². The molecule has 1 amide bonds. The number of H-pyrrole nitrogens is 1. The van der Waals surface area contributed by atoms with E-state index in [1.165, 1.54) is 0 Å². The van der Waals surface area contributed by atoms with Crippen LogP contribution in [0.15, 0.2) is 48.9 Å². The first-order valence-corrected chi connectivity index (χ1v) is 11.5. The number of hydrogen-bond acceptors (Lipinski definition) is 8. The average Bonchev–Trinajstić information content (AvgIpc) is 3.26. The zero-order valence-electron chi connectivity index (χ0n) is 19.7. The SMILES string of the molecule is Cc1ccc(Oc2ccc(Nc3cncc4[nH]nc(OCCN5CCNC(=O)C5)c34)cc2C)cn1. The van der Waals surface area contributed by atoms with Crippen LogP contribution in [0.4, 0.5) is 11.4 Å². The third-order valence-electron chi connectivity index (χ3n) is 5.77. The van der Waals surface area contributed by atoms with Crippen molar-refractivity contribution in [3.05, 3.63) is 60.2 Å². The Labute approximate surface area is 202 Å². The van der Waals surface area contributed by atoms with Gasteiger partial charge in [0.25, 0.3) is 0 Å². The standard InChI is InChI=1S/C25H27N7O3/c1-16-11-18(4-6-22(16)35-19-5-3-17(2)28-12-19)29-20-13-26-14-21-24(20)25(31-30-21)34-10-9-32-8-7-27-23(33)15-32/h3-6,11-14,29H,7-10,15H2,1-2H3,(H,27,33)(H,30,31). The second kappa shape index (κ2) is 9.98. The third kappa shape index (κ3) is 5.33. The second-order valence-electron chi connectivity index (χ2n) is 8.46. The zero-order valence-corrected chi connectivity index (χ0v) is 19.7. The first-order valence-electron chi connectivity index (χ1n) is 11.5. The van der Waals surface area contributed by atoms with E-state index >= 15 is 0 Å². The summed E-state index contributed by atoms with van der Waals surface area (Å²) in [7, 11) is 0. The van der Waals surface area contributed by atoms with Crippen molar-refractivity contribution in [2.45, 2.75) is 13.8 Å². The van der Waals surface area contributed by atoms with Crippen LogP contribution in [0.5, 0.6) is 17.4 Å². The molecule has 0 aliphatic carbocycles. The van der Waals surface area contributed by atoms with E-state index in [1.807, 2.05) is 44.2 Å². The molecule has 1 saturated heterocycles. The Bertz CT molecular complexity index is 1340. The molecule has 10 nitrogen and oxygen atoms in total. The summed E-state index contributed by atoms with van der Waals surface area (Å²) >= 11 is 0. The van der Waals surface area contributed by atoms with Crippen LogP contribution in [0, 0.1) is 13.8 Å². The minimum absolute atomic E-state index is 0.0428. The number of anilines is 2. The molecule has 1 fully saturated rings. The summed E-state index contributed by atoms with van der Waals surface area (Å²) in [4.78, 5) is 22.2. The van der Waals surface area contributed by atoms with Crippen LogP contribution in [0.1, 0.15) is 11.3 Å². The van der Waals surface area contributed by atoms with Gasteiger partial charge in [0, 0.05) is 31.0 Å². The van der Waals surface area contributed by atoms with E-state index < -0.39 is 0 Å². The highest BCUT2D eigenvalue weighted by Gasteiger charge is 2.17.